The molecule has 1 fully saturated rings. The molecule has 0 unspecified atom stereocenters. The summed E-state index contributed by atoms with van der Waals surface area (Å²) < 4.78 is 0. The van der Waals surface area contributed by atoms with Gasteiger partial charge in [-0.05, 0) is 20.2 Å². The first kappa shape index (κ1) is 14.2. The highest BCUT2D eigenvalue weighted by molar-refractivity contribution is 5.52. The van der Waals surface area contributed by atoms with Crippen LogP contribution in [0.15, 0.2) is 18.5 Å². The van der Waals surface area contributed by atoms with Gasteiger partial charge in [-0.15, -0.1) is 0 Å². The van der Waals surface area contributed by atoms with E-state index in [2.05, 4.69) is 39.8 Å². The minimum atomic E-state index is 0.560. The molecule has 1 aromatic rings. The molecule has 0 spiro atoms. The molecule has 0 atom stereocenters. The van der Waals surface area contributed by atoms with E-state index in [1.807, 2.05) is 12.4 Å². The summed E-state index contributed by atoms with van der Waals surface area (Å²) in [6.45, 7) is 7.24. The van der Waals surface area contributed by atoms with Gasteiger partial charge in [0.1, 0.15) is 0 Å². The molecular formula is C14H25N5. The fraction of sp³-hybridized carbons (Fsp3) is 0.643. The maximum Gasteiger partial charge on any atom is 0.0443 e. The zero-order chi connectivity index (χ0) is 13.7. The predicted molar refractivity (Wildman–Crippen MR) is 79.3 cm³/mol. The Labute approximate surface area is 116 Å². The first-order valence-electron chi connectivity index (χ1n) is 6.95. The number of rotatable bonds is 5. The minimum Gasteiger partial charge on any atom is -0.369 e. The third-order valence-corrected chi connectivity index (χ3v) is 3.67. The van der Waals surface area contributed by atoms with Crippen molar-refractivity contribution in [2.45, 2.75) is 6.54 Å². The van der Waals surface area contributed by atoms with Crippen molar-refractivity contribution in [3.8, 4) is 0 Å². The van der Waals surface area contributed by atoms with E-state index in [1.165, 1.54) is 5.69 Å². The van der Waals surface area contributed by atoms with Crippen LogP contribution in [0.2, 0.25) is 0 Å². The first-order valence-corrected chi connectivity index (χ1v) is 6.95. The topological polar surface area (TPSA) is 48.6 Å². The maximum absolute atomic E-state index is 5.78. The van der Waals surface area contributed by atoms with Crippen LogP contribution in [0.4, 0.5) is 5.69 Å². The highest BCUT2D eigenvalue weighted by Gasteiger charge is 2.18. The Kier molecular flexibility index (Phi) is 5.13. The molecule has 0 aromatic carbocycles. The second-order valence-electron chi connectivity index (χ2n) is 5.34. The van der Waals surface area contributed by atoms with E-state index in [4.69, 9.17) is 5.73 Å². The summed E-state index contributed by atoms with van der Waals surface area (Å²) in [4.78, 5) is 11.3. The zero-order valence-corrected chi connectivity index (χ0v) is 12.0. The molecule has 2 heterocycles. The zero-order valence-electron chi connectivity index (χ0n) is 12.0. The summed E-state index contributed by atoms with van der Waals surface area (Å²) in [5, 5.41) is 0. The third kappa shape index (κ3) is 3.89. The van der Waals surface area contributed by atoms with Crippen LogP contribution in [0.3, 0.4) is 0 Å². The molecule has 2 N–H and O–H groups in total. The van der Waals surface area contributed by atoms with Gasteiger partial charge in [-0.2, -0.15) is 0 Å². The van der Waals surface area contributed by atoms with Crippen molar-refractivity contribution in [3.05, 3.63) is 24.0 Å². The maximum atomic E-state index is 5.78. The SMILES string of the molecule is CN(C)CCN1CCN(c2ccncc2CN)CC1. The van der Waals surface area contributed by atoms with Crippen LogP contribution < -0.4 is 10.6 Å². The smallest absolute Gasteiger partial charge is 0.0443 e. The Morgan fingerprint density at radius 3 is 2.63 bits per heavy atom. The molecule has 0 bridgehead atoms. The number of aromatic nitrogens is 1. The van der Waals surface area contributed by atoms with E-state index in [0.29, 0.717) is 6.54 Å². The number of piperazine rings is 1. The molecule has 0 aliphatic carbocycles. The molecule has 0 saturated carbocycles. The monoisotopic (exact) mass is 263 g/mol. The van der Waals surface area contributed by atoms with E-state index < -0.39 is 0 Å². The number of likely N-dealkylation sites (N-methyl/N-ethyl adjacent to an activating group) is 1. The van der Waals surface area contributed by atoms with Crippen LogP contribution in [0.1, 0.15) is 5.56 Å². The number of anilines is 1. The Bertz CT molecular complexity index is 385. The van der Waals surface area contributed by atoms with Crippen LogP contribution in [0, 0.1) is 0 Å². The minimum absolute atomic E-state index is 0.560. The summed E-state index contributed by atoms with van der Waals surface area (Å²) in [6, 6.07) is 2.08. The predicted octanol–water partition coefficient (Wildman–Crippen LogP) is 0.224. The normalized spacial score (nSPS) is 17.2. The van der Waals surface area contributed by atoms with E-state index in [-0.39, 0.29) is 0 Å². The van der Waals surface area contributed by atoms with Gasteiger partial charge in [0.05, 0.1) is 0 Å². The lowest BCUT2D eigenvalue weighted by molar-refractivity contribution is 0.229. The summed E-state index contributed by atoms with van der Waals surface area (Å²) in [5.41, 5.74) is 8.18. The van der Waals surface area contributed by atoms with Crippen LogP contribution in [0.5, 0.6) is 0 Å². The fourth-order valence-electron chi connectivity index (χ4n) is 2.44. The van der Waals surface area contributed by atoms with Gasteiger partial charge in [0, 0.05) is 69.5 Å². The van der Waals surface area contributed by atoms with Gasteiger partial charge in [0.2, 0.25) is 0 Å². The molecule has 0 radical (unpaired) electrons. The van der Waals surface area contributed by atoms with Crippen molar-refractivity contribution >= 4 is 5.69 Å². The van der Waals surface area contributed by atoms with Crippen molar-refractivity contribution in [1.82, 2.24) is 14.8 Å². The lowest BCUT2D eigenvalue weighted by Gasteiger charge is -2.37. The Hall–Kier alpha value is -1.17. The quantitative estimate of drug-likeness (QED) is 0.824. The number of pyridine rings is 1. The Morgan fingerprint density at radius 2 is 2.00 bits per heavy atom. The number of hydrogen-bond acceptors (Lipinski definition) is 5. The van der Waals surface area contributed by atoms with Gasteiger partial charge in [0.25, 0.3) is 0 Å². The van der Waals surface area contributed by atoms with Gasteiger partial charge in [-0.3, -0.25) is 9.88 Å². The largest absolute Gasteiger partial charge is 0.369 e. The van der Waals surface area contributed by atoms with Crippen molar-refractivity contribution in [1.29, 1.82) is 0 Å². The molecular weight excluding hydrogens is 238 g/mol. The first-order chi connectivity index (χ1) is 9.20. The van der Waals surface area contributed by atoms with Crippen molar-refractivity contribution in [2.75, 3.05) is 58.3 Å². The Morgan fingerprint density at radius 1 is 1.26 bits per heavy atom. The summed E-state index contributed by atoms with van der Waals surface area (Å²) in [5.74, 6) is 0. The molecule has 0 amide bonds. The lowest BCUT2D eigenvalue weighted by atomic mass is 10.2. The van der Waals surface area contributed by atoms with Crippen molar-refractivity contribution in [3.63, 3.8) is 0 Å². The van der Waals surface area contributed by atoms with Crippen LogP contribution in [0.25, 0.3) is 0 Å². The second-order valence-corrected chi connectivity index (χ2v) is 5.34. The molecule has 1 aliphatic rings. The van der Waals surface area contributed by atoms with Crippen molar-refractivity contribution in [2.24, 2.45) is 5.73 Å². The van der Waals surface area contributed by atoms with Crippen LogP contribution in [-0.2, 0) is 6.54 Å². The molecule has 106 valence electrons. The molecule has 1 aromatic heterocycles. The van der Waals surface area contributed by atoms with E-state index in [9.17, 15) is 0 Å². The van der Waals surface area contributed by atoms with Gasteiger partial charge < -0.3 is 15.5 Å². The fourth-order valence-corrected chi connectivity index (χ4v) is 2.44. The standard InChI is InChI=1S/C14H25N5/c1-17(2)5-6-18-7-9-19(10-8-18)14-3-4-16-12-13(14)11-15/h3-4,12H,5-11,15H2,1-2H3. The lowest BCUT2D eigenvalue weighted by Crippen LogP contribution is -2.48. The van der Waals surface area contributed by atoms with E-state index >= 15 is 0 Å². The van der Waals surface area contributed by atoms with Crippen molar-refractivity contribution < 1.29 is 0 Å². The van der Waals surface area contributed by atoms with Crippen LogP contribution >= 0.6 is 0 Å². The third-order valence-electron chi connectivity index (χ3n) is 3.67. The summed E-state index contributed by atoms with van der Waals surface area (Å²) >= 11 is 0. The average Bonchev–Trinajstić information content (AvgIpc) is 2.45. The number of hydrogen-bond donors (Lipinski definition) is 1. The molecule has 1 aliphatic heterocycles. The number of nitrogens with two attached hydrogens (primary N) is 1. The highest BCUT2D eigenvalue weighted by Crippen LogP contribution is 2.20. The second kappa shape index (κ2) is 6.84. The van der Waals surface area contributed by atoms with E-state index in [1.54, 1.807) is 0 Å². The molecule has 5 heteroatoms. The molecule has 19 heavy (non-hydrogen) atoms. The van der Waals surface area contributed by atoms with E-state index in [0.717, 1.165) is 44.8 Å². The van der Waals surface area contributed by atoms with Crippen LogP contribution in [-0.4, -0.2) is 68.1 Å². The molecule has 2 rings (SSSR count). The molecule has 5 nitrogen and oxygen atoms in total. The number of nitrogens with zero attached hydrogens (tertiary/aromatic N) is 4. The van der Waals surface area contributed by atoms with Gasteiger partial charge in [-0.25, -0.2) is 0 Å². The summed E-state index contributed by atoms with van der Waals surface area (Å²) in [7, 11) is 4.25. The summed E-state index contributed by atoms with van der Waals surface area (Å²) in [6.07, 6.45) is 3.74. The highest BCUT2D eigenvalue weighted by atomic mass is 15.3. The van der Waals surface area contributed by atoms with Gasteiger partial charge in [-0.1, -0.05) is 0 Å². The Balaban J connectivity index is 1.89. The molecule has 1 saturated heterocycles. The average molecular weight is 263 g/mol. The van der Waals surface area contributed by atoms with Gasteiger partial charge >= 0.3 is 0 Å². The van der Waals surface area contributed by atoms with Gasteiger partial charge in [0.15, 0.2) is 0 Å².